The first-order valence-electron chi connectivity index (χ1n) is 4.19. The summed E-state index contributed by atoms with van der Waals surface area (Å²) in [6, 6.07) is 0. The Hall–Kier alpha value is -1.60. The molecule has 0 fully saturated rings. The van der Waals surface area contributed by atoms with E-state index >= 15 is 0 Å². The zero-order chi connectivity index (χ0) is 12.5. The number of carboxylic acid groups (broad SMARTS) is 1. The molecule has 0 atom stereocenters. The molecule has 0 unspecified atom stereocenters. The molecule has 1 aromatic heterocycles. The van der Waals surface area contributed by atoms with Gasteiger partial charge in [-0.3, -0.25) is 5.10 Å². The maximum absolute atomic E-state index is 12.7. The number of nitrogens with zero attached hydrogens (tertiary/aromatic N) is 1. The van der Waals surface area contributed by atoms with Gasteiger partial charge in [0.1, 0.15) is 0 Å². The van der Waals surface area contributed by atoms with E-state index in [4.69, 9.17) is 5.11 Å². The molecule has 0 spiro atoms. The van der Waals surface area contributed by atoms with Crippen molar-refractivity contribution in [3.05, 3.63) is 17.0 Å². The number of carboxylic acids is 1. The third kappa shape index (κ3) is 2.31. The Kier molecular flexibility index (Phi) is 3.20. The summed E-state index contributed by atoms with van der Waals surface area (Å²) in [4.78, 5) is 10.5. The van der Waals surface area contributed by atoms with Gasteiger partial charge in [0.2, 0.25) is 0 Å². The van der Waals surface area contributed by atoms with Crippen molar-refractivity contribution in [2.45, 2.75) is 25.7 Å². The summed E-state index contributed by atoms with van der Waals surface area (Å²) >= 11 is 0. The van der Waals surface area contributed by atoms with Crippen LogP contribution >= 0.6 is 0 Å². The SMILES string of the molecule is Cc1c(C(=O)O)n[nH]c1CC(F)(F)C(F)F. The molecule has 2 N–H and O–H groups in total. The molecule has 1 aromatic rings. The molecule has 0 bridgehead atoms. The van der Waals surface area contributed by atoms with Crippen molar-refractivity contribution < 1.29 is 27.5 Å². The van der Waals surface area contributed by atoms with Gasteiger partial charge in [-0.25, -0.2) is 13.6 Å². The Balaban J connectivity index is 2.95. The Labute approximate surface area is 87.3 Å². The fourth-order valence-corrected chi connectivity index (χ4v) is 1.13. The van der Waals surface area contributed by atoms with E-state index in [9.17, 15) is 22.4 Å². The summed E-state index contributed by atoms with van der Waals surface area (Å²) in [5.41, 5.74) is -0.810. The predicted octanol–water partition coefficient (Wildman–Crippen LogP) is 1.86. The van der Waals surface area contributed by atoms with Crippen LogP contribution in [0.3, 0.4) is 0 Å². The number of nitrogens with one attached hydrogen (secondary N) is 1. The van der Waals surface area contributed by atoms with E-state index in [0.717, 1.165) is 0 Å². The van der Waals surface area contributed by atoms with Crippen molar-refractivity contribution in [3.63, 3.8) is 0 Å². The van der Waals surface area contributed by atoms with Gasteiger partial charge in [0.15, 0.2) is 5.69 Å². The van der Waals surface area contributed by atoms with Crippen LogP contribution in [0.2, 0.25) is 0 Å². The summed E-state index contributed by atoms with van der Waals surface area (Å²) in [6.07, 6.45) is -5.07. The Bertz CT molecular complexity index is 403. The van der Waals surface area contributed by atoms with Gasteiger partial charge in [-0.15, -0.1) is 0 Å². The number of alkyl halides is 4. The maximum Gasteiger partial charge on any atom is 0.356 e. The van der Waals surface area contributed by atoms with Crippen molar-refractivity contribution in [1.29, 1.82) is 0 Å². The van der Waals surface area contributed by atoms with E-state index in [0.29, 0.717) is 0 Å². The number of aromatic nitrogens is 2. The number of H-pyrrole nitrogens is 1. The van der Waals surface area contributed by atoms with Crippen LogP contribution in [0.5, 0.6) is 0 Å². The smallest absolute Gasteiger partial charge is 0.356 e. The van der Waals surface area contributed by atoms with Gasteiger partial charge in [0.05, 0.1) is 6.42 Å². The van der Waals surface area contributed by atoms with E-state index in [1.807, 2.05) is 5.10 Å². The molecule has 0 radical (unpaired) electrons. The van der Waals surface area contributed by atoms with Crippen LogP contribution in [0.15, 0.2) is 0 Å². The topological polar surface area (TPSA) is 66.0 Å². The fourth-order valence-electron chi connectivity index (χ4n) is 1.13. The second-order valence-electron chi connectivity index (χ2n) is 3.22. The lowest BCUT2D eigenvalue weighted by Crippen LogP contribution is -2.29. The summed E-state index contributed by atoms with van der Waals surface area (Å²) in [7, 11) is 0. The molecule has 0 amide bonds. The van der Waals surface area contributed by atoms with Gasteiger partial charge in [-0.2, -0.15) is 13.9 Å². The first-order chi connectivity index (χ1) is 7.25. The molecule has 90 valence electrons. The van der Waals surface area contributed by atoms with Crippen LogP contribution in [0, 0.1) is 6.92 Å². The summed E-state index contributed by atoms with van der Waals surface area (Å²) < 4.78 is 49.1. The standard InChI is InChI=1S/C8H8F4N2O2/c1-3-4(2-8(11,12)7(9)10)13-14-5(3)6(15)16/h7H,2H2,1H3,(H,13,14)(H,15,16). The minimum Gasteiger partial charge on any atom is -0.476 e. The van der Waals surface area contributed by atoms with E-state index in [1.165, 1.54) is 6.92 Å². The number of hydrogen-bond donors (Lipinski definition) is 2. The van der Waals surface area contributed by atoms with Crippen LogP contribution in [-0.2, 0) is 6.42 Å². The third-order valence-corrected chi connectivity index (χ3v) is 2.04. The van der Waals surface area contributed by atoms with Crippen LogP contribution in [0.1, 0.15) is 21.7 Å². The number of carbonyl (C=O) groups is 1. The van der Waals surface area contributed by atoms with E-state index in [1.54, 1.807) is 0 Å². The molecular weight excluding hydrogens is 232 g/mol. The van der Waals surface area contributed by atoms with Gasteiger partial charge in [-0.1, -0.05) is 0 Å². The molecule has 1 heterocycles. The van der Waals surface area contributed by atoms with Gasteiger partial charge in [0.25, 0.3) is 0 Å². The molecule has 1 rings (SSSR count). The van der Waals surface area contributed by atoms with Crippen LogP contribution in [0.4, 0.5) is 17.6 Å². The maximum atomic E-state index is 12.7. The average Bonchev–Trinajstić information content (AvgIpc) is 2.47. The van der Waals surface area contributed by atoms with Crippen molar-refractivity contribution in [2.75, 3.05) is 0 Å². The lowest BCUT2D eigenvalue weighted by atomic mass is 10.1. The highest BCUT2D eigenvalue weighted by molar-refractivity contribution is 5.87. The molecule has 16 heavy (non-hydrogen) atoms. The van der Waals surface area contributed by atoms with Gasteiger partial charge in [-0.05, 0) is 6.92 Å². The molecule has 0 aliphatic rings. The normalized spacial score (nSPS) is 12.1. The van der Waals surface area contributed by atoms with Crippen molar-refractivity contribution in [3.8, 4) is 0 Å². The Morgan fingerprint density at radius 1 is 1.56 bits per heavy atom. The molecule has 0 aromatic carbocycles. The molecule has 8 heteroatoms. The number of hydrogen-bond acceptors (Lipinski definition) is 2. The third-order valence-electron chi connectivity index (χ3n) is 2.04. The van der Waals surface area contributed by atoms with E-state index in [-0.39, 0.29) is 11.3 Å². The van der Waals surface area contributed by atoms with Crippen LogP contribution in [0.25, 0.3) is 0 Å². The van der Waals surface area contributed by atoms with Crippen molar-refractivity contribution in [1.82, 2.24) is 10.2 Å². The average molecular weight is 240 g/mol. The van der Waals surface area contributed by atoms with Crippen LogP contribution in [-0.4, -0.2) is 33.6 Å². The van der Waals surface area contributed by atoms with Gasteiger partial charge in [0, 0.05) is 11.3 Å². The van der Waals surface area contributed by atoms with Gasteiger partial charge >= 0.3 is 18.3 Å². The second kappa shape index (κ2) is 4.11. The Morgan fingerprint density at radius 2 is 2.12 bits per heavy atom. The first kappa shape index (κ1) is 12.5. The van der Waals surface area contributed by atoms with Crippen molar-refractivity contribution >= 4 is 5.97 Å². The number of rotatable bonds is 4. The van der Waals surface area contributed by atoms with Crippen molar-refractivity contribution in [2.24, 2.45) is 0 Å². The minimum absolute atomic E-state index is 0.0622. The highest BCUT2D eigenvalue weighted by atomic mass is 19.3. The lowest BCUT2D eigenvalue weighted by Gasteiger charge is -2.14. The molecule has 0 saturated heterocycles. The number of aromatic amines is 1. The number of aromatic carboxylic acids is 1. The zero-order valence-corrected chi connectivity index (χ0v) is 8.10. The van der Waals surface area contributed by atoms with Crippen LogP contribution < -0.4 is 0 Å². The summed E-state index contributed by atoms with van der Waals surface area (Å²) in [5.74, 6) is -5.60. The highest BCUT2D eigenvalue weighted by Gasteiger charge is 2.41. The van der Waals surface area contributed by atoms with E-state index < -0.39 is 30.4 Å². The molecule has 0 saturated carbocycles. The monoisotopic (exact) mass is 240 g/mol. The molecule has 0 aliphatic carbocycles. The largest absolute Gasteiger partial charge is 0.476 e. The Morgan fingerprint density at radius 3 is 2.50 bits per heavy atom. The summed E-state index contributed by atoms with van der Waals surface area (Å²) in [5, 5.41) is 13.8. The quantitative estimate of drug-likeness (QED) is 0.789. The number of halogens is 4. The second-order valence-corrected chi connectivity index (χ2v) is 3.22. The fraction of sp³-hybridized carbons (Fsp3) is 0.500. The molecule has 0 aliphatic heterocycles. The van der Waals surface area contributed by atoms with Gasteiger partial charge < -0.3 is 5.11 Å². The van der Waals surface area contributed by atoms with E-state index in [2.05, 4.69) is 5.10 Å². The first-order valence-corrected chi connectivity index (χ1v) is 4.19. The minimum atomic E-state index is -4.20. The summed E-state index contributed by atoms with van der Waals surface area (Å²) in [6.45, 7) is 1.23. The predicted molar refractivity (Wildman–Crippen MR) is 44.9 cm³/mol. The molecule has 4 nitrogen and oxygen atoms in total. The zero-order valence-electron chi connectivity index (χ0n) is 8.10. The highest BCUT2D eigenvalue weighted by Crippen LogP contribution is 2.28. The molecular formula is C8H8F4N2O2. The lowest BCUT2D eigenvalue weighted by molar-refractivity contribution is -0.127.